The summed E-state index contributed by atoms with van der Waals surface area (Å²) in [6.45, 7) is 1.95. The summed E-state index contributed by atoms with van der Waals surface area (Å²) >= 11 is 0. The van der Waals surface area contributed by atoms with Gasteiger partial charge < -0.3 is 19.7 Å². The molecule has 2 N–H and O–H groups in total. The van der Waals surface area contributed by atoms with Crippen molar-refractivity contribution in [2.24, 2.45) is 0 Å². The van der Waals surface area contributed by atoms with E-state index in [2.05, 4.69) is 0 Å². The highest BCUT2D eigenvalue weighted by atomic mass is 16.6. The third kappa shape index (κ3) is 2.83. The van der Waals surface area contributed by atoms with Crippen LogP contribution in [0.2, 0.25) is 0 Å². The second-order valence-electron chi connectivity index (χ2n) is 5.44. The first kappa shape index (κ1) is 16.0. The highest BCUT2D eigenvalue weighted by Crippen LogP contribution is 2.39. The number of Topliss-reactive ketones (excluding diaryl/α,β-unsaturated/α-hetero) is 1. The lowest BCUT2D eigenvalue weighted by Crippen LogP contribution is -2.16. The van der Waals surface area contributed by atoms with Crippen molar-refractivity contribution in [1.82, 2.24) is 0 Å². The van der Waals surface area contributed by atoms with Crippen LogP contribution in [0.1, 0.15) is 33.2 Å². The molecule has 3 rings (SSSR count). The SMILES string of the molecule is CC(=O)c1cc2c(cc1-c1cc(CO)ccc1C(=O)O)OCCO2. The zero-order valence-electron chi connectivity index (χ0n) is 13.0. The van der Waals surface area contributed by atoms with Gasteiger partial charge in [0.2, 0.25) is 0 Å². The summed E-state index contributed by atoms with van der Waals surface area (Å²) in [6.07, 6.45) is 0. The molecule has 6 heteroatoms. The summed E-state index contributed by atoms with van der Waals surface area (Å²) in [5.74, 6) is -0.399. The summed E-state index contributed by atoms with van der Waals surface area (Å²) in [4.78, 5) is 23.6. The Bertz CT molecular complexity index is 824. The van der Waals surface area contributed by atoms with E-state index in [1.54, 1.807) is 24.3 Å². The largest absolute Gasteiger partial charge is 0.486 e. The van der Waals surface area contributed by atoms with Crippen LogP contribution in [-0.2, 0) is 6.61 Å². The van der Waals surface area contributed by atoms with Crippen LogP contribution in [0.25, 0.3) is 11.1 Å². The minimum absolute atomic E-state index is 0.0476. The van der Waals surface area contributed by atoms with Gasteiger partial charge in [-0.1, -0.05) is 6.07 Å². The molecule has 0 unspecified atom stereocenters. The van der Waals surface area contributed by atoms with Crippen LogP contribution in [0.4, 0.5) is 0 Å². The Hall–Kier alpha value is -2.86. The molecule has 2 aromatic rings. The van der Waals surface area contributed by atoms with Crippen molar-refractivity contribution < 1.29 is 29.3 Å². The number of benzene rings is 2. The maximum Gasteiger partial charge on any atom is 0.336 e. The lowest BCUT2D eigenvalue weighted by Gasteiger charge is -2.21. The van der Waals surface area contributed by atoms with Crippen molar-refractivity contribution in [2.45, 2.75) is 13.5 Å². The maximum atomic E-state index is 12.1. The molecule has 0 spiro atoms. The zero-order chi connectivity index (χ0) is 17.3. The predicted molar refractivity (Wildman–Crippen MR) is 85.8 cm³/mol. The number of hydrogen-bond acceptors (Lipinski definition) is 5. The van der Waals surface area contributed by atoms with E-state index in [0.717, 1.165) is 0 Å². The number of carbonyl (C=O) groups excluding carboxylic acids is 1. The number of ether oxygens (including phenoxy) is 2. The van der Waals surface area contributed by atoms with Crippen LogP contribution < -0.4 is 9.47 Å². The fourth-order valence-corrected chi connectivity index (χ4v) is 2.70. The van der Waals surface area contributed by atoms with E-state index in [1.807, 2.05) is 0 Å². The second kappa shape index (κ2) is 6.33. The van der Waals surface area contributed by atoms with Crippen molar-refractivity contribution in [2.75, 3.05) is 13.2 Å². The van der Waals surface area contributed by atoms with E-state index < -0.39 is 5.97 Å². The topological polar surface area (TPSA) is 93.1 Å². The smallest absolute Gasteiger partial charge is 0.336 e. The van der Waals surface area contributed by atoms with Gasteiger partial charge in [0.05, 0.1) is 12.2 Å². The Morgan fingerprint density at radius 3 is 2.21 bits per heavy atom. The van der Waals surface area contributed by atoms with Crippen molar-refractivity contribution in [3.63, 3.8) is 0 Å². The van der Waals surface area contributed by atoms with Crippen molar-refractivity contribution >= 4 is 11.8 Å². The molecule has 0 amide bonds. The summed E-state index contributed by atoms with van der Waals surface area (Å²) in [6, 6.07) is 7.72. The van der Waals surface area contributed by atoms with Crippen LogP contribution in [0, 0.1) is 0 Å². The predicted octanol–water partition coefficient (Wildman–Crippen LogP) is 2.52. The first-order valence-corrected chi connectivity index (χ1v) is 7.43. The normalized spacial score (nSPS) is 12.8. The fourth-order valence-electron chi connectivity index (χ4n) is 2.70. The molecule has 24 heavy (non-hydrogen) atoms. The van der Waals surface area contributed by atoms with E-state index >= 15 is 0 Å². The molecule has 0 saturated carbocycles. The van der Waals surface area contributed by atoms with Gasteiger partial charge in [-0.15, -0.1) is 0 Å². The molecule has 0 radical (unpaired) electrons. The molecule has 0 bridgehead atoms. The van der Waals surface area contributed by atoms with Gasteiger partial charge in [0.15, 0.2) is 17.3 Å². The van der Waals surface area contributed by atoms with E-state index in [9.17, 15) is 19.8 Å². The number of ketones is 1. The molecule has 2 aromatic carbocycles. The van der Waals surface area contributed by atoms with E-state index in [-0.39, 0.29) is 18.0 Å². The number of carbonyl (C=O) groups is 2. The van der Waals surface area contributed by atoms with Gasteiger partial charge >= 0.3 is 5.97 Å². The Morgan fingerprint density at radius 2 is 1.62 bits per heavy atom. The quantitative estimate of drug-likeness (QED) is 0.838. The van der Waals surface area contributed by atoms with Gasteiger partial charge in [0, 0.05) is 5.56 Å². The summed E-state index contributed by atoms with van der Waals surface area (Å²) in [5, 5.41) is 18.8. The molecule has 0 aromatic heterocycles. The molecule has 0 atom stereocenters. The number of aliphatic hydroxyl groups is 1. The second-order valence-corrected chi connectivity index (χ2v) is 5.44. The lowest BCUT2D eigenvalue weighted by atomic mass is 9.91. The zero-order valence-corrected chi connectivity index (χ0v) is 13.0. The van der Waals surface area contributed by atoms with Gasteiger partial charge in [-0.25, -0.2) is 4.79 Å². The average Bonchev–Trinajstić information content (AvgIpc) is 2.59. The third-order valence-electron chi connectivity index (χ3n) is 3.85. The molecule has 0 saturated heterocycles. The third-order valence-corrected chi connectivity index (χ3v) is 3.85. The number of hydrogen-bond donors (Lipinski definition) is 2. The van der Waals surface area contributed by atoms with Gasteiger partial charge in [0.1, 0.15) is 13.2 Å². The van der Waals surface area contributed by atoms with E-state index in [1.165, 1.54) is 13.0 Å². The summed E-state index contributed by atoms with van der Waals surface area (Å²) in [7, 11) is 0. The van der Waals surface area contributed by atoms with Crippen LogP contribution in [0.15, 0.2) is 30.3 Å². The minimum Gasteiger partial charge on any atom is -0.486 e. The Kier molecular flexibility index (Phi) is 4.22. The van der Waals surface area contributed by atoms with Crippen LogP contribution in [0.3, 0.4) is 0 Å². The first-order chi connectivity index (χ1) is 11.5. The van der Waals surface area contributed by atoms with Crippen LogP contribution >= 0.6 is 0 Å². The van der Waals surface area contributed by atoms with Crippen molar-refractivity contribution in [3.05, 3.63) is 47.0 Å². The van der Waals surface area contributed by atoms with E-state index in [0.29, 0.717) is 47.0 Å². The molecule has 0 aliphatic carbocycles. The maximum absolute atomic E-state index is 12.1. The number of fused-ring (bicyclic) bond motifs is 1. The molecular formula is C18H16O6. The number of carboxylic acid groups (broad SMARTS) is 1. The Balaban J connectivity index is 2.28. The van der Waals surface area contributed by atoms with Gasteiger partial charge in [-0.3, -0.25) is 4.79 Å². The molecular weight excluding hydrogens is 312 g/mol. The Morgan fingerprint density at radius 1 is 1.00 bits per heavy atom. The van der Waals surface area contributed by atoms with Gasteiger partial charge in [-0.05, 0) is 47.9 Å². The monoisotopic (exact) mass is 328 g/mol. The van der Waals surface area contributed by atoms with Gasteiger partial charge in [-0.2, -0.15) is 0 Å². The number of aliphatic hydroxyl groups excluding tert-OH is 1. The van der Waals surface area contributed by atoms with Crippen molar-refractivity contribution in [1.29, 1.82) is 0 Å². The highest BCUT2D eigenvalue weighted by Gasteiger charge is 2.22. The first-order valence-electron chi connectivity index (χ1n) is 7.43. The molecule has 1 heterocycles. The van der Waals surface area contributed by atoms with Crippen LogP contribution in [0.5, 0.6) is 11.5 Å². The Labute approximate surface area is 138 Å². The van der Waals surface area contributed by atoms with Crippen molar-refractivity contribution in [3.8, 4) is 22.6 Å². The number of aromatic carboxylic acids is 1. The molecule has 1 aliphatic rings. The lowest BCUT2D eigenvalue weighted by molar-refractivity contribution is 0.0697. The van der Waals surface area contributed by atoms with Crippen LogP contribution in [-0.4, -0.2) is 35.2 Å². The average molecular weight is 328 g/mol. The van der Waals surface area contributed by atoms with E-state index in [4.69, 9.17) is 9.47 Å². The number of rotatable bonds is 4. The highest BCUT2D eigenvalue weighted by molar-refractivity contribution is 6.05. The minimum atomic E-state index is -1.11. The summed E-state index contributed by atoms with van der Waals surface area (Å²) in [5.41, 5.74) is 1.75. The summed E-state index contributed by atoms with van der Waals surface area (Å²) < 4.78 is 11.0. The number of carboxylic acids is 1. The molecule has 1 aliphatic heterocycles. The molecule has 124 valence electrons. The van der Waals surface area contributed by atoms with Gasteiger partial charge in [0.25, 0.3) is 0 Å². The molecule has 0 fully saturated rings. The molecule has 6 nitrogen and oxygen atoms in total. The fraction of sp³-hybridized carbons (Fsp3) is 0.222. The standard InChI is InChI=1S/C18H16O6/c1-10(20)13-7-16-17(24-5-4-23-16)8-15(13)14-6-11(9-19)2-3-12(14)18(21)22/h2-3,6-8,19H,4-5,9H2,1H3,(H,21,22).